The van der Waals surface area contributed by atoms with Gasteiger partial charge in [0.1, 0.15) is 12.2 Å². The van der Waals surface area contributed by atoms with E-state index in [1.807, 2.05) is 30.3 Å². The predicted octanol–water partition coefficient (Wildman–Crippen LogP) is 1.99. The minimum Gasteiger partial charge on any atom is -0.464 e. The number of carbonyl (C=O) groups excluding carboxylic acids is 4. The number of fused-ring (bicyclic) bond motifs is 2. The van der Waals surface area contributed by atoms with Gasteiger partial charge in [-0.2, -0.15) is 10.2 Å². The Morgan fingerprint density at radius 1 is 0.842 bits per heavy atom. The molecule has 2 atom stereocenters. The summed E-state index contributed by atoms with van der Waals surface area (Å²) in [6.07, 6.45) is 15.0. The van der Waals surface area contributed by atoms with E-state index < -0.39 is 24.1 Å². The highest BCUT2D eigenvalue weighted by atomic mass is 16.5. The first-order valence-electron chi connectivity index (χ1n) is 17.6. The van der Waals surface area contributed by atoms with E-state index in [9.17, 15) is 24.3 Å². The number of likely N-dealkylation sites (tertiary alicyclic amines) is 2. The Balaban J connectivity index is 0.000000166. The van der Waals surface area contributed by atoms with E-state index in [1.54, 1.807) is 65.3 Å². The van der Waals surface area contributed by atoms with Crippen molar-refractivity contribution in [3.8, 4) is 36.1 Å². The summed E-state index contributed by atoms with van der Waals surface area (Å²) in [5.74, 6) is 3.52. The topological polar surface area (TPSA) is 212 Å². The number of rotatable bonds is 6. The predicted molar refractivity (Wildman–Crippen MR) is 208 cm³/mol. The van der Waals surface area contributed by atoms with Gasteiger partial charge in [0.2, 0.25) is 0 Å². The van der Waals surface area contributed by atoms with E-state index in [-0.39, 0.29) is 29.7 Å². The van der Waals surface area contributed by atoms with E-state index in [0.29, 0.717) is 64.7 Å². The molecule has 0 bridgehead atoms. The Bertz CT molecular complexity index is 2590. The molecule has 288 valence electrons. The maximum atomic E-state index is 11.9. The molecule has 3 amide bonds. The Kier molecular flexibility index (Phi) is 11.7. The van der Waals surface area contributed by atoms with Gasteiger partial charge < -0.3 is 30.5 Å². The van der Waals surface area contributed by atoms with E-state index in [2.05, 4.69) is 32.0 Å². The lowest BCUT2D eigenvalue weighted by Gasteiger charge is -2.15. The fourth-order valence-corrected chi connectivity index (χ4v) is 6.26. The summed E-state index contributed by atoms with van der Waals surface area (Å²) in [6.45, 7) is 1.39. The molecule has 0 radical (unpaired) electrons. The molecule has 8 rings (SSSR count). The third-order valence-electron chi connectivity index (χ3n) is 9.25. The summed E-state index contributed by atoms with van der Waals surface area (Å²) in [7, 11) is 3.02. The normalized spacial score (nSPS) is 16.0. The molecular weight excluding hydrogens is 731 g/mol. The number of esters is 1. The van der Waals surface area contributed by atoms with Crippen LogP contribution in [0.1, 0.15) is 50.6 Å². The standard InChI is InChI=1S/C20H17N5O3.C16H11N3O2.C5H9NO2/c1-2-12-4-3-5-14(8-12)25-16-10-22-13(9-15(16)18(23-25)19(21)27)11-24-7-6-17(26)20(24)28;1-3-11-5-4-6-12(9-11)19-14-10-17-8-7-13(14)15(18-19)16(20)21-2;1-6-3-2-4(7)5(6)8/h1,3-5,8-10,17,26H,6-7,11H2,(H2,21,27);1,4-10H,2H3;4,7H,2-3H2,1H3. The summed E-state index contributed by atoms with van der Waals surface area (Å²) >= 11 is 0. The minimum atomic E-state index is -0.962. The number of hydrogen-bond donors (Lipinski definition) is 3. The summed E-state index contributed by atoms with van der Waals surface area (Å²) < 4.78 is 7.97. The number of likely N-dealkylation sites (N-methyl/N-ethyl adjacent to an activating group) is 1. The lowest BCUT2D eigenvalue weighted by atomic mass is 10.2. The number of aromatic nitrogens is 6. The van der Waals surface area contributed by atoms with Crippen LogP contribution in [0.4, 0.5) is 0 Å². The number of pyridine rings is 2. The maximum Gasteiger partial charge on any atom is 0.359 e. The zero-order valence-corrected chi connectivity index (χ0v) is 30.9. The van der Waals surface area contributed by atoms with Gasteiger partial charge in [0.15, 0.2) is 11.4 Å². The number of benzene rings is 2. The van der Waals surface area contributed by atoms with Gasteiger partial charge in [0, 0.05) is 48.2 Å². The Hall–Kier alpha value is -7.40. The highest BCUT2D eigenvalue weighted by molar-refractivity contribution is 6.04. The van der Waals surface area contributed by atoms with Crippen LogP contribution < -0.4 is 5.73 Å². The van der Waals surface area contributed by atoms with Gasteiger partial charge in [0.05, 0.1) is 54.2 Å². The lowest BCUT2D eigenvalue weighted by Crippen LogP contribution is -2.29. The van der Waals surface area contributed by atoms with Crippen molar-refractivity contribution in [1.82, 2.24) is 39.3 Å². The van der Waals surface area contributed by atoms with Gasteiger partial charge >= 0.3 is 5.97 Å². The van der Waals surface area contributed by atoms with Crippen LogP contribution in [-0.4, -0.2) is 113 Å². The van der Waals surface area contributed by atoms with Crippen LogP contribution in [0.3, 0.4) is 0 Å². The number of nitrogens with zero attached hydrogens (tertiary/aromatic N) is 8. The molecule has 16 nitrogen and oxygen atoms in total. The summed E-state index contributed by atoms with van der Waals surface area (Å²) in [5.41, 5.74) is 10.6. The second-order valence-electron chi connectivity index (χ2n) is 13.0. The first-order chi connectivity index (χ1) is 27.4. The molecule has 2 saturated heterocycles. The first-order valence-corrected chi connectivity index (χ1v) is 17.6. The molecule has 0 spiro atoms. The number of aliphatic hydroxyl groups is 2. The third-order valence-corrected chi connectivity index (χ3v) is 9.25. The monoisotopic (exact) mass is 767 g/mol. The third kappa shape index (κ3) is 8.32. The second kappa shape index (κ2) is 17.0. The molecule has 0 aliphatic carbocycles. The summed E-state index contributed by atoms with van der Waals surface area (Å²) in [4.78, 5) is 57.8. The fraction of sp³-hybridized carbons (Fsp3) is 0.220. The zero-order chi connectivity index (χ0) is 40.8. The van der Waals surface area contributed by atoms with Crippen molar-refractivity contribution in [2.75, 3.05) is 27.2 Å². The SMILES string of the molecule is C#Cc1cccc(-n2nc(C(=O)OC)c3ccncc32)c1.C#Cc1cccc(-n2nc(C(N)=O)c3cc(CN4CCC(O)C4=O)ncc32)c1.CN1CCC(O)C1=O. The molecule has 4 N–H and O–H groups in total. The average Bonchev–Trinajstić information content (AvgIpc) is 3.99. The molecule has 57 heavy (non-hydrogen) atoms. The van der Waals surface area contributed by atoms with Crippen molar-refractivity contribution in [1.29, 1.82) is 0 Å². The van der Waals surface area contributed by atoms with Crippen LogP contribution in [0, 0.1) is 24.7 Å². The Morgan fingerprint density at radius 2 is 1.44 bits per heavy atom. The van der Waals surface area contributed by atoms with Gasteiger partial charge in [0.25, 0.3) is 17.7 Å². The molecule has 2 aliphatic heterocycles. The average molecular weight is 768 g/mol. The van der Waals surface area contributed by atoms with Crippen molar-refractivity contribution >= 4 is 45.5 Å². The van der Waals surface area contributed by atoms with Crippen LogP contribution in [0.15, 0.2) is 79.3 Å². The number of ether oxygens (including phenoxy) is 1. The first kappa shape index (κ1) is 39.3. The molecule has 2 aliphatic rings. The quantitative estimate of drug-likeness (QED) is 0.165. The van der Waals surface area contributed by atoms with Crippen LogP contribution in [0.2, 0.25) is 0 Å². The number of amides is 3. The lowest BCUT2D eigenvalue weighted by molar-refractivity contribution is -0.135. The zero-order valence-electron chi connectivity index (χ0n) is 30.9. The molecule has 0 saturated carbocycles. The number of nitrogens with two attached hydrogens (primary N) is 1. The number of carbonyl (C=O) groups is 4. The molecular formula is C41H37N9O7. The molecule has 2 fully saturated rings. The smallest absolute Gasteiger partial charge is 0.359 e. The van der Waals surface area contributed by atoms with Crippen molar-refractivity contribution in [2.24, 2.45) is 5.73 Å². The van der Waals surface area contributed by atoms with Crippen LogP contribution in [0.25, 0.3) is 33.2 Å². The molecule has 6 heterocycles. The molecule has 4 aromatic heterocycles. The Morgan fingerprint density at radius 3 is 1.95 bits per heavy atom. The largest absolute Gasteiger partial charge is 0.464 e. The number of primary amides is 1. The molecule has 16 heteroatoms. The molecule has 6 aromatic rings. The maximum absolute atomic E-state index is 11.9. The molecule has 2 unspecified atom stereocenters. The Labute approximate surface area is 326 Å². The number of aliphatic hydroxyl groups excluding tert-OH is 2. The van der Waals surface area contributed by atoms with E-state index in [4.69, 9.17) is 28.4 Å². The van der Waals surface area contributed by atoms with Gasteiger partial charge in [-0.3, -0.25) is 24.4 Å². The summed E-state index contributed by atoms with van der Waals surface area (Å²) in [6, 6.07) is 18.0. The van der Waals surface area contributed by atoms with Crippen molar-refractivity contribution in [3.63, 3.8) is 0 Å². The van der Waals surface area contributed by atoms with Crippen molar-refractivity contribution in [3.05, 3.63) is 107 Å². The van der Waals surface area contributed by atoms with Crippen molar-refractivity contribution < 1.29 is 34.1 Å². The highest BCUT2D eigenvalue weighted by Gasteiger charge is 2.30. The minimum absolute atomic E-state index is 0.109. The fourth-order valence-electron chi connectivity index (χ4n) is 6.26. The molecule has 2 aromatic carbocycles. The summed E-state index contributed by atoms with van der Waals surface area (Å²) in [5, 5.41) is 28.3. The van der Waals surface area contributed by atoms with Crippen LogP contribution in [-0.2, 0) is 20.9 Å². The van der Waals surface area contributed by atoms with E-state index in [1.165, 1.54) is 16.9 Å². The second-order valence-corrected chi connectivity index (χ2v) is 13.0. The van der Waals surface area contributed by atoms with Crippen LogP contribution in [0.5, 0.6) is 0 Å². The highest BCUT2D eigenvalue weighted by Crippen LogP contribution is 2.25. The van der Waals surface area contributed by atoms with E-state index in [0.717, 1.165) is 11.3 Å². The van der Waals surface area contributed by atoms with Gasteiger partial charge in [-0.15, -0.1) is 12.8 Å². The number of methoxy groups -OCH3 is 1. The van der Waals surface area contributed by atoms with Gasteiger partial charge in [-0.25, -0.2) is 14.2 Å². The van der Waals surface area contributed by atoms with E-state index >= 15 is 0 Å². The number of terminal acetylenes is 2. The van der Waals surface area contributed by atoms with Gasteiger partial charge in [-0.05, 0) is 61.4 Å². The van der Waals surface area contributed by atoms with Crippen molar-refractivity contribution in [2.45, 2.75) is 31.6 Å². The van der Waals surface area contributed by atoms with Crippen LogP contribution >= 0.6 is 0 Å². The number of hydrogen-bond acceptors (Lipinski definition) is 11. The van der Waals surface area contributed by atoms with Gasteiger partial charge in [-0.1, -0.05) is 24.0 Å².